The number of hydrogen-bond donors (Lipinski definition) is 2. The molecule has 0 aromatic heterocycles. The molecule has 2 aliphatic rings. The normalized spacial score (nSPS) is 39.1. The molecule has 4 nitrogen and oxygen atoms in total. The van der Waals surface area contributed by atoms with Gasteiger partial charge in [0.25, 0.3) is 0 Å². The zero-order chi connectivity index (χ0) is 10.2. The van der Waals surface area contributed by atoms with Crippen molar-refractivity contribution in [3.8, 4) is 0 Å². The average Bonchev–Trinajstić information content (AvgIpc) is 2.19. The van der Waals surface area contributed by atoms with Crippen LogP contribution in [0.25, 0.3) is 0 Å². The van der Waals surface area contributed by atoms with Crippen molar-refractivity contribution >= 4 is 5.91 Å². The summed E-state index contributed by atoms with van der Waals surface area (Å²) in [6.45, 7) is 1.67. The van der Waals surface area contributed by atoms with Gasteiger partial charge in [0.15, 0.2) is 0 Å². The number of rotatable bonds is 0. The Balaban J connectivity index is 2.10. The summed E-state index contributed by atoms with van der Waals surface area (Å²) in [5.41, 5.74) is -0.355. The predicted octanol–water partition coefficient (Wildman–Crippen LogP) is -0.278. The van der Waals surface area contributed by atoms with Crippen molar-refractivity contribution in [1.82, 2.24) is 10.2 Å². The highest BCUT2D eigenvalue weighted by molar-refractivity contribution is 5.87. The van der Waals surface area contributed by atoms with E-state index in [9.17, 15) is 9.90 Å². The van der Waals surface area contributed by atoms with Crippen molar-refractivity contribution in [2.24, 2.45) is 0 Å². The van der Waals surface area contributed by atoms with Gasteiger partial charge in [0.2, 0.25) is 5.91 Å². The zero-order valence-electron chi connectivity index (χ0n) is 8.62. The molecule has 0 atom stereocenters. The molecule has 0 bridgehead atoms. The molecule has 0 radical (unpaired) electrons. The quantitative estimate of drug-likeness (QED) is 0.563. The van der Waals surface area contributed by atoms with E-state index in [1.165, 1.54) is 0 Å². The number of hydrogen-bond acceptors (Lipinski definition) is 3. The smallest absolute Gasteiger partial charge is 0.242 e. The van der Waals surface area contributed by atoms with E-state index in [0.29, 0.717) is 0 Å². The van der Waals surface area contributed by atoms with Crippen molar-refractivity contribution < 1.29 is 9.90 Å². The number of carbonyl (C=O) groups excluding carboxylic acids is 1. The Morgan fingerprint density at radius 1 is 1.50 bits per heavy atom. The lowest BCUT2D eigenvalue weighted by Gasteiger charge is -2.44. The summed E-state index contributed by atoms with van der Waals surface area (Å²) in [6.07, 6.45) is 2.83. The van der Waals surface area contributed by atoms with Gasteiger partial charge in [-0.2, -0.15) is 0 Å². The number of aliphatic hydroxyl groups excluding tert-OH is 1. The molecule has 14 heavy (non-hydrogen) atoms. The van der Waals surface area contributed by atoms with E-state index in [-0.39, 0.29) is 17.6 Å². The minimum atomic E-state index is -0.355. The number of nitrogens with zero attached hydrogens (tertiary/aromatic N) is 1. The van der Waals surface area contributed by atoms with Gasteiger partial charge in [0.1, 0.15) is 0 Å². The standard InChI is InChI=1S/C10H18N2O2/c1-12-7-6-11-10(9(12)14)4-2-8(13)3-5-10/h8,11,13H,2-7H2,1H3. The van der Waals surface area contributed by atoms with Crippen LogP contribution in [-0.4, -0.2) is 47.7 Å². The highest BCUT2D eigenvalue weighted by Gasteiger charge is 2.44. The van der Waals surface area contributed by atoms with Crippen molar-refractivity contribution in [3.05, 3.63) is 0 Å². The molecular weight excluding hydrogens is 180 g/mol. The fraction of sp³-hybridized carbons (Fsp3) is 0.900. The SMILES string of the molecule is CN1CCNC2(CCC(O)CC2)C1=O. The lowest BCUT2D eigenvalue weighted by atomic mass is 9.78. The fourth-order valence-electron chi connectivity index (χ4n) is 2.49. The molecule has 1 heterocycles. The Morgan fingerprint density at radius 3 is 2.79 bits per heavy atom. The van der Waals surface area contributed by atoms with Gasteiger partial charge in [-0.1, -0.05) is 0 Å². The van der Waals surface area contributed by atoms with E-state index in [2.05, 4.69) is 5.32 Å². The number of amides is 1. The van der Waals surface area contributed by atoms with Crippen LogP contribution in [0.4, 0.5) is 0 Å². The molecule has 2 N–H and O–H groups in total. The molecule has 1 saturated heterocycles. The van der Waals surface area contributed by atoms with Crippen LogP contribution in [0.15, 0.2) is 0 Å². The van der Waals surface area contributed by atoms with E-state index < -0.39 is 0 Å². The molecule has 1 aliphatic heterocycles. The second-order valence-corrected chi connectivity index (χ2v) is 4.47. The molecule has 80 valence electrons. The van der Waals surface area contributed by atoms with Gasteiger partial charge in [0, 0.05) is 20.1 Å². The van der Waals surface area contributed by atoms with Crippen LogP contribution in [0.3, 0.4) is 0 Å². The lowest BCUT2D eigenvalue weighted by molar-refractivity contribution is -0.142. The molecule has 2 fully saturated rings. The summed E-state index contributed by atoms with van der Waals surface area (Å²) >= 11 is 0. The molecule has 4 heteroatoms. The first kappa shape index (κ1) is 9.93. The van der Waals surface area contributed by atoms with Gasteiger partial charge in [-0.15, -0.1) is 0 Å². The Bertz CT molecular complexity index is 234. The second kappa shape index (κ2) is 3.51. The molecule has 1 spiro atoms. The molecule has 1 amide bonds. The number of piperazine rings is 1. The van der Waals surface area contributed by atoms with Gasteiger partial charge < -0.3 is 15.3 Å². The molecule has 1 aliphatic carbocycles. The molecule has 0 aromatic carbocycles. The third-order valence-corrected chi connectivity index (χ3v) is 3.48. The van der Waals surface area contributed by atoms with Crippen LogP contribution < -0.4 is 5.32 Å². The van der Waals surface area contributed by atoms with Gasteiger partial charge >= 0.3 is 0 Å². The van der Waals surface area contributed by atoms with Gasteiger partial charge in [-0.25, -0.2) is 0 Å². The summed E-state index contributed by atoms with van der Waals surface area (Å²) in [5, 5.41) is 12.8. The molecule has 0 unspecified atom stereocenters. The van der Waals surface area contributed by atoms with Gasteiger partial charge in [-0.3, -0.25) is 4.79 Å². The van der Waals surface area contributed by atoms with Crippen LogP contribution in [0.5, 0.6) is 0 Å². The zero-order valence-corrected chi connectivity index (χ0v) is 8.62. The number of aliphatic hydroxyl groups is 1. The Kier molecular flexibility index (Phi) is 2.49. The Morgan fingerprint density at radius 2 is 2.14 bits per heavy atom. The van der Waals surface area contributed by atoms with Crippen molar-refractivity contribution in [2.45, 2.75) is 37.3 Å². The van der Waals surface area contributed by atoms with Crippen molar-refractivity contribution in [3.63, 3.8) is 0 Å². The first-order valence-corrected chi connectivity index (χ1v) is 5.33. The van der Waals surface area contributed by atoms with Crippen LogP contribution in [0.2, 0.25) is 0 Å². The predicted molar refractivity (Wildman–Crippen MR) is 52.8 cm³/mol. The third-order valence-electron chi connectivity index (χ3n) is 3.48. The van der Waals surface area contributed by atoms with Gasteiger partial charge in [0.05, 0.1) is 11.6 Å². The third kappa shape index (κ3) is 1.53. The maximum atomic E-state index is 12.0. The summed E-state index contributed by atoms with van der Waals surface area (Å²) in [6, 6.07) is 0. The minimum absolute atomic E-state index is 0.204. The first-order chi connectivity index (χ1) is 6.64. The summed E-state index contributed by atoms with van der Waals surface area (Å²) in [4.78, 5) is 13.8. The lowest BCUT2D eigenvalue weighted by Crippen LogP contribution is -2.64. The van der Waals surface area contributed by atoms with E-state index in [4.69, 9.17) is 0 Å². The largest absolute Gasteiger partial charge is 0.393 e. The number of nitrogens with one attached hydrogen (secondary N) is 1. The van der Waals surface area contributed by atoms with E-state index in [0.717, 1.165) is 38.8 Å². The second-order valence-electron chi connectivity index (χ2n) is 4.47. The summed E-state index contributed by atoms with van der Waals surface area (Å²) in [5.74, 6) is 0.204. The maximum absolute atomic E-state index is 12.0. The fourth-order valence-corrected chi connectivity index (χ4v) is 2.49. The highest BCUT2D eigenvalue weighted by Crippen LogP contribution is 2.31. The van der Waals surface area contributed by atoms with E-state index in [1.54, 1.807) is 4.90 Å². The molecule has 1 saturated carbocycles. The maximum Gasteiger partial charge on any atom is 0.242 e. The van der Waals surface area contributed by atoms with Crippen LogP contribution >= 0.6 is 0 Å². The van der Waals surface area contributed by atoms with E-state index >= 15 is 0 Å². The van der Waals surface area contributed by atoms with Crippen LogP contribution in [-0.2, 0) is 4.79 Å². The first-order valence-electron chi connectivity index (χ1n) is 5.33. The summed E-state index contributed by atoms with van der Waals surface area (Å²) < 4.78 is 0. The number of likely N-dealkylation sites (N-methyl/N-ethyl adjacent to an activating group) is 1. The van der Waals surface area contributed by atoms with Crippen molar-refractivity contribution in [1.29, 1.82) is 0 Å². The van der Waals surface area contributed by atoms with Gasteiger partial charge in [-0.05, 0) is 25.7 Å². The van der Waals surface area contributed by atoms with Crippen molar-refractivity contribution in [2.75, 3.05) is 20.1 Å². The highest BCUT2D eigenvalue weighted by atomic mass is 16.3. The molecule has 0 aromatic rings. The molecular formula is C10H18N2O2. The van der Waals surface area contributed by atoms with E-state index in [1.807, 2.05) is 7.05 Å². The minimum Gasteiger partial charge on any atom is -0.393 e. The summed E-state index contributed by atoms with van der Waals surface area (Å²) in [7, 11) is 1.86. The molecule has 2 rings (SSSR count). The number of carbonyl (C=O) groups is 1. The average molecular weight is 198 g/mol. The Hall–Kier alpha value is -0.610. The Labute approximate surface area is 84.3 Å². The van der Waals surface area contributed by atoms with Crippen LogP contribution in [0, 0.1) is 0 Å². The monoisotopic (exact) mass is 198 g/mol. The topological polar surface area (TPSA) is 52.6 Å². The van der Waals surface area contributed by atoms with Crippen LogP contribution in [0.1, 0.15) is 25.7 Å².